The number of ether oxygens (including phenoxy) is 1. The third kappa shape index (κ3) is 2.86. The maximum absolute atomic E-state index is 12.7. The van der Waals surface area contributed by atoms with Crippen molar-refractivity contribution < 1.29 is 14.3 Å². The highest BCUT2D eigenvalue weighted by Gasteiger charge is 2.61. The molecule has 2 bridgehead atoms. The van der Waals surface area contributed by atoms with Crippen LogP contribution >= 0.6 is 0 Å². The Balaban J connectivity index is 1.74. The van der Waals surface area contributed by atoms with E-state index >= 15 is 0 Å². The van der Waals surface area contributed by atoms with Crippen LogP contribution in [0.5, 0.6) is 5.75 Å². The number of methoxy groups -OCH3 is 1. The second-order valence-electron chi connectivity index (χ2n) is 8.49. The molecule has 25 heavy (non-hydrogen) atoms. The van der Waals surface area contributed by atoms with Crippen molar-refractivity contribution in [3.63, 3.8) is 0 Å². The summed E-state index contributed by atoms with van der Waals surface area (Å²) < 4.78 is 5.36. The van der Waals surface area contributed by atoms with Gasteiger partial charge in [-0.2, -0.15) is 0 Å². The summed E-state index contributed by atoms with van der Waals surface area (Å²) in [6, 6.07) is 5.51. The number of carbonyl (C=O) groups is 2. The van der Waals surface area contributed by atoms with Crippen molar-refractivity contribution in [2.45, 2.75) is 59.4 Å². The molecule has 3 atom stereocenters. The Bertz CT molecular complexity index is 709. The van der Waals surface area contributed by atoms with Crippen molar-refractivity contribution in [1.82, 2.24) is 5.32 Å². The molecular weight excluding hydrogens is 314 g/mol. The van der Waals surface area contributed by atoms with Crippen LogP contribution in [0.3, 0.4) is 0 Å². The molecule has 4 heteroatoms. The van der Waals surface area contributed by atoms with E-state index in [2.05, 4.69) is 26.1 Å². The molecule has 2 saturated carbocycles. The first-order chi connectivity index (χ1) is 11.7. The summed E-state index contributed by atoms with van der Waals surface area (Å²) in [6.45, 7) is 8.54. The lowest BCUT2D eigenvalue weighted by molar-refractivity contribution is -0.122. The van der Waals surface area contributed by atoms with Crippen molar-refractivity contribution in [1.29, 1.82) is 0 Å². The predicted molar refractivity (Wildman–Crippen MR) is 97.9 cm³/mol. The van der Waals surface area contributed by atoms with E-state index in [1.807, 2.05) is 0 Å². The number of ketones is 1. The van der Waals surface area contributed by atoms with Crippen molar-refractivity contribution in [2.24, 2.45) is 16.7 Å². The summed E-state index contributed by atoms with van der Waals surface area (Å²) in [6.07, 6.45) is 3.75. The fourth-order valence-electron chi connectivity index (χ4n) is 4.98. The highest BCUT2D eigenvalue weighted by molar-refractivity contribution is 5.94. The fourth-order valence-corrected chi connectivity index (χ4v) is 4.98. The van der Waals surface area contributed by atoms with Crippen LogP contribution in [-0.4, -0.2) is 24.8 Å². The van der Waals surface area contributed by atoms with Crippen LogP contribution in [0.1, 0.15) is 62.9 Å². The van der Waals surface area contributed by atoms with Gasteiger partial charge in [0.25, 0.3) is 0 Å². The molecule has 1 aromatic rings. The summed E-state index contributed by atoms with van der Waals surface area (Å²) in [5, 5.41) is 3.28. The standard InChI is InChI=1S/C21H29NO3/c1-13(23)14-6-7-17(25-5)15(10-14)11-19(24)22-18-12-16-8-9-21(18,4)20(16,2)3/h6-7,10,16,18H,8-9,11-12H2,1-5H3,(H,22,24). The lowest BCUT2D eigenvalue weighted by atomic mass is 9.69. The number of amides is 1. The molecule has 2 fully saturated rings. The number of hydrogen-bond donors (Lipinski definition) is 1. The fraction of sp³-hybridized carbons (Fsp3) is 0.619. The summed E-state index contributed by atoms with van der Waals surface area (Å²) in [4.78, 5) is 24.3. The summed E-state index contributed by atoms with van der Waals surface area (Å²) in [5.41, 5.74) is 1.81. The van der Waals surface area contributed by atoms with Gasteiger partial charge < -0.3 is 10.1 Å². The molecule has 2 aliphatic rings. The topological polar surface area (TPSA) is 55.4 Å². The van der Waals surface area contributed by atoms with Gasteiger partial charge in [0, 0.05) is 17.2 Å². The smallest absolute Gasteiger partial charge is 0.224 e. The second-order valence-corrected chi connectivity index (χ2v) is 8.49. The van der Waals surface area contributed by atoms with Gasteiger partial charge in [-0.25, -0.2) is 0 Å². The van der Waals surface area contributed by atoms with E-state index in [-0.39, 0.29) is 35.0 Å². The molecule has 0 heterocycles. The molecule has 4 nitrogen and oxygen atoms in total. The monoisotopic (exact) mass is 343 g/mol. The first-order valence-corrected chi connectivity index (χ1v) is 9.16. The molecule has 2 aliphatic carbocycles. The third-order valence-electron chi connectivity index (χ3n) is 7.17. The molecule has 3 rings (SSSR count). The van der Waals surface area contributed by atoms with Gasteiger partial charge in [0.05, 0.1) is 13.5 Å². The van der Waals surface area contributed by atoms with E-state index in [1.165, 1.54) is 19.8 Å². The molecule has 1 N–H and O–H groups in total. The van der Waals surface area contributed by atoms with Gasteiger partial charge in [0.1, 0.15) is 5.75 Å². The van der Waals surface area contributed by atoms with Gasteiger partial charge in [-0.15, -0.1) is 0 Å². The van der Waals surface area contributed by atoms with Crippen LogP contribution < -0.4 is 10.1 Å². The van der Waals surface area contributed by atoms with Gasteiger partial charge >= 0.3 is 0 Å². The van der Waals surface area contributed by atoms with Gasteiger partial charge in [-0.05, 0) is 61.1 Å². The minimum Gasteiger partial charge on any atom is -0.496 e. The van der Waals surface area contributed by atoms with Crippen LogP contribution in [0, 0.1) is 16.7 Å². The highest BCUT2D eigenvalue weighted by Crippen LogP contribution is 2.65. The van der Waals surface area contributed by atoms with E-state index in [0.29, 0.717) is 17.2 Å². The number of hydrogen-bond acceptors (Lipinski definition) is 3. The molecule has 0 radical (unpaired) electrons. The first-order valence-electron chi connectivity index (χ1n) is 9.16. The molecule has 0 aliphatic heterocycles. The molecular formula is C21H29NO3. The minimum absolute atomic E-state index is 0.00771. The van der Waals surface area contributed by atoms with Crippen molar-refractivity contribution >= 4 is 11.7 Å². The van der Waals surface area contributed by atoms with E-state index < -0.39 is 0 Å². The Kier molecular flexibility index (Phi) is 4.42. The third-order valence-corrected chi connectivity index (χ3v) is 7.17. The maximum atomic E-state index is 12.7. The SMILES string of the molecule is COc1ccc(C(C)=O)cc1CC(=O)NC1CC2CCC1(C)C2(C)C. The van der Waals surface area contributed by atoms with E-state index in [1.54, 1.807) is 25.3 Å². The van der Waals surface area contributed by atoms with Crippen molar-refractivity contribution in [3.8, 4) is 5.75 Å². The van der Waals surface area contributed by atoms with Gasteiger partial charge in [-0.1, -0.05) is 20.8 Å². The van der Waals surface area contributed by atoms with Crippen LogP contribution in [0.4, 0.5) is 0 Å². The molecule has 136 valence electrons. The molecule has 0 aromatic heterocycles. The van der Waals surface area contributed by atoms with Crippen LogP contribution in [0.15, 0.2) is 18.2 Å². The van der Waals surface area contributed by atoms with Gasteiger partial charge in [-0.3, -0.25) is 9.59 Å². The number of Topliss-reactive ketones (excluding diaryl/α,β-unsaturated/α-hetero) is 1. The lowest BCUT2D eigenvalue weighted by Crippen LogP contribution is -2.47. The van der Waals surface area contributed by atoms with Gasteiger partial charge in [0.15, 0.2) is 5.78 Å². The van der Waals surface area contributed by atoms with Gasteiger partial charge in [0.2, 0.25) is 5.91 Å². The minimum atomic E-state index is -0.00771. The number of benzene rings is 1. The Morgan fingerprint density at radius 1 is 1.28 bits per heavy atom. The van der Waals surface area contributed by atoms with Crippen LogP contribution in [-0.2, 0) is 11.2 Å². The average molecular weight is 343 g/mol. The summed E-state index contributed by atoms with van der Waals surface area (Å²) in [7, 11) is 1.59. The largest absolute Gasteiger partial charge is 0.496 e. The Labute approximate surface area is 150 Å². The van der Waals surface area contributed by atoms with Crippen molar-refractivity contribution in [2.75, 3.05) is 7.11 Å². The predicted octanol–water partition coefficient (Wildman–Crippen LogP) is 3.77. The first kappa shape index (κ1) is 18.0. The Hall–Kier alpha value is -1.84. The zero-order chi connectivity index (χ0) is 18.4. The van der Waals surface area contributed by atoms with E-state index in [0.717, 1.165) is 12.0 Å². The zero-order valence-corrected chi connectivity index (χ0v) is 15.9. The van der Waals surface area contributed by atoms with Crippen LogP contribution in [0.25, 0.3) is 0 Å². The van der Waals surface area contributed by atoms with Crippen LogP contribution in [0.2, 0.25) is 0 Å². The molecule has 0 spiro atoms. The number of nitrogens with one attached hydrogen (secondary N) is 1. The van der Waals surface area contributed by atoms with E-state index in [4.69, 9.17) is 4.74 Å². The normalized spacial score (nSPS) is 29.5. The van der Waals surface area contributed by atoms with E-state index in [9.17, 15) is 9.59 Å². The molecule has 0 saturated heterocycles. The maximum Gasteiger partial charge on any atom is 0.224 e. The number of carbonyl (C=O) groups excluding carboxylic acids is 2. The number of fused-ring (bicyclic) bond motifs is 2. The Morgan fingerprint density at radius 2 is 2.00 bits per heavy atom. The van der Waals surface area contributed by atoms with Crippen molar-refractivity contribution in [3.05, 3.63) is 29.3 Å². The quantitative estimate of drug-likeness (QED) is 0.828. The zero-order valence-electron chi connectivity index (χ0n) is 15.9. The Morgan fingerprint density at radius 3 is 2.52 bits per heavy atom. The highest BCUT2D eigenvalue weighted by atomic mass is 16.5. The molecule has 1 amide bonds. The second kappa shape index (κ2) is 6.15. The summed E-state index contributed by atoms with van der Waals surface area (Å²) in [5.74, 6) is 1.35. The average Bonchev–Trinajstić information content (AvgIpc) is 2.88. The number of rotatable bonds is 5. The molecule has 3 unspecified atom stereocenters. The molecule has 1 aromatic carbocycles. The lowest BCUT2D eigenvalue weighted by Gasteiger charge is -2.39. The summed E-state index contributed by atoms with van der Waals surface area (Å²) >= 11 is 0.